The number of nitrogens with one attached hydrogen (secondary N) is 1. The smallest absolute Gasteiger partial charge is 0.319 e. The second-order valence-electron chi connectivity index (χ2n) is 11.6. The van der Waals surface area contributed by atoms with Crippen LogP contribution in [0.3, 0.4) is 0 Å². The molecule has 3 atom stereocenters. The zero-order valence-corrected chi connectivity index (χ0v) is 23.3. The predicted octanol–water partition coefficient (Wildman–Crippen LogP) is 4.86. The number of halogens is 3. The number of ether oxygens (including phenoxy) is 1. The van der Waals surface area contributed by atoms with E-state index in [1.165, 1.54) is 6.07 Å². The van der Waals surface area contributed by atoms with E-state index in [-0.39, 0.29) is 35.4 Å². The number of pyridine rings is 1. The van der Waals surface area contributed by atoms with Gasteiger partial charge in [0.1, 0.15) is 35.6 Å². The van der Waals surface area contributed by atoms with E-state index in [0.717, 1.165) is 38.9 Å². The summed E-state index contributed by atoms with van der Waals surface area (Å²) in [6.45, 7) is 3.09. The fourth-order valence-corrected chi connectivity index (χ4v) is 7.03. The standard InChI is InChI=1S/C32H31F3N6O/c1-3-22-25(34)9-8-19-6-4-7-23(26(19)22)28-27(35)29-24(16-37-28)30(40(2)21-10-12-36-15-21)39-31(38-29)42-18-32-11-5-13-41(32)17-20(33)14-32/h1,4,6-9,16,20-21,36H,5,10-15,17-18H2,2H3. The Morgan fingerprint density at radius 1 is 1.24 bits per heavy atom. The van der Waals surface area contributed by atoms with Crippen molar-refractivity contribution in [2.45, 2.75) is 43.4 Å². The number of anilines is 1. The molecule has 0 radical (unpaired) electrons. The van der Waals surface area contributed by atoms with Crippen LogP contribution in [0.15, 0.2) is 36.5 Å². The maximum Gasteiger partial charge on any atom is 0.319 e. The molecule has 3 fully saturated rings. The molecule has 3 saturated heterocycles. The summed E-state index contributed by atoms with van der Waals surface area (Å²) >= 11 is 0. The molecule has 2 aromatic carbocycles. The number of terminal acetylenes is 1. The molecule has 10 heteroatoms. The summed E-state index contributed by atoms with van der Waals surface area (Å²) in [6.07, 6.45) is 9.45. The number of rotatable bonds is 6. The molecule has 2 aromatic heterocycles. The molecule has 0 aliphatic carbocycles. The van der Waals surface area contributed by atoms with Gasteiger partial charge in [0, 0.05) is 49.7 Å². The van der Waals surface area contributed by atoms with Crippen molar-refractivity contribution >= 4 is 27.5 Å². The molecule has 0 bridgehead atoms. The Morgan fingerprint density at radius 2 is 2.12 bits per heavy atom. The molecular formula is C32H31F3N6O. The van der Waals surface area contributed by atoms with Gasteiger partial charge in [-0.2, -0.15) is 9.97 Å². The van der Waals surface area contributed by atoms with Gasteiger partial charge in [-0.3, -0.25) is 9.88 Å². The molecule has 0 spiro atoms. The summed E-state index contributed by atoms with van der Waals surface area (Å²) in [5, 5.41) is 4.88. The molecule has 216 valence electrons. The number of nitrogens with zero attached hydrogens (tertiary/aromatic N) is 5. The fraction of sp³-hybridized carbons (Fsp3) is 0.406. The van der Waals surface area contributed by atoms with Crippen LogP contribution < -0.4 is 15.0 Å². The van der Waals surface area contributed by atoms with Crippen LogP contribution in [0, 0.1) is 24.0 Å². The summed E-state index contributed by atoms with van der Waals surface area (Å²) in [4.78, 5) is 18.0. The first-order valence-corrected chi connectivity index (χ1v) is 14.4. The summed E-state index contributed by atoms with van der Waals surface area (Å²) < 4.78 is 51.9. The number of benzene rings is 2. The van der Waals surface area contributed by atoms with E-state index in [0.29, 0.717) is 40.5 Å². The highest BCUT2D eigenvalue weighted by atomic mass is 19.1. The van der Waals surface area contributed by atoms with Gasteiger partial charge in [0.25, 0.3) is 0 Å². The lowest BCUT2D eigenvalue weighted by Crippen LogP contribution is -2.43. The maximum absolute atomic E-state index is 16.6. The molecular weight excluding hydrogens is 541 g/mol. The van der Waals surface area contributed by atoms with E-state index < -0.39 is 23.3 Å². The normalized spacial score (nSPS) is 23.9. The lowest BCUT2D eigenvalue weighted by atomic mass is 9.95. The van der Waals surface area contributed by atoms with Crippen LogP contribution in [0.1, 0.15) is 31.2 Å². The Kier molecular flexibility index (Phi) is 6.67. The molecule has 3 aliphatic heterocycles. The van der Waals surface area contributed by atoms with Gasteiger partial charge in [0.15, 0.2) is 5.82 Å². The van der Waals surface area contributed by atoms with Crippen LogP contribution in [-0.4, -0.2) is 77.4 Å². The van der Waals surface area contributed by atoms with E-state index in [4.69, 9.17) is 16.1 Å². The third-order valence-electron chi connectivity index (χ3n) is 9.18. The van der Waals surface area contributed by atoms with Gasteiger partial charge in [-0.1, -0.05) is 30.2 Å². The largest absolute Gasteiger partial charge is 0.461 e. The molecule has 7 rings (SSSR count). The first-order valence-electron chi connectivity index (χ1n) is 14.4. The zero-order valence-electron chi connectivity index (χ0n) is 23.3. The summed E-state index contributed by atoms with van der Waals surface area (Å²) in [5.41, 5.74) is 0.0699. The minimum atomic E-state index is -0.896. The highest BCUT2D eigenvalue weighted by molar-refractivity contribution is 6.02. The Bertz CT molecular complexity index is 1740. The topological polar surface area (TPSA) is 66.4 Å². The quantitative estimate of drug-likeness (QED) is 0.331. The molecule has 3 aliphatic rings. The molecule has 4 aromatic rings. The highest BCUT2D eigenvalue weighted by Crippen LogP contribution is 2.41. The van der Waals surface area contributed by atoms with Crippen LogP contribution in [0.5, 0.6) is 6.01 Å². The van der Waals surface area contributed by atoms with Gasteiger partial charge >= 0.3 is 6.01 Å². The number of likely N-dealkylation sites (N-methyl/N-ethyl adjacent to an activating group) is 1. The number of alkyl halides is 1. The average molecular weight is 573 g/mol. The van der Waals surface area contributed by atoms with E-state index >= 15 is 4.39 Å². The zero-order chi connectivity index (χ0) is 29.0. The van der Waals surface area contributed by atoms with Gasteiger partial charge in [0.05, 0.1) is 16.5 Å². The van der Waals surface area contributed by atoms with Crippen molar-refractivity contribution < 1.29 is 17.9 Å². The number of hydrogen-bond donors (Lipinski definition) is 1. The molecule has 0 saturated carbocycles. The van der Waals surface area contributed by atoms with Crippen molar-refractivity contribution in [1.29, 1.82) is 0 Å². The van der Waals surface area contributed by atoms with Crippen molar-refractivity contribution in [3.63, 3.8) is 0 Å². The minimum absolute atomic E-state index is 0.00705. The SMILES string of the molecule is C#Cc1c(F)ccc2cccc(-c3ncc4c(N(C)C5CCNC5)nc(OCC56CCCN5CC(F)C6)nc4c3F)c12. The fourth-order valence-electron chi connectivity index (χ4n) is 7.03. The summed E-state index contributed by atoms with van der Waals surface area (Å²) in [7, 11) is 1.92. The van der Waals surface area contributed by atoms with Crippen molar-refractivity contribution in [2.24, 2.45) is 0 Å². The van der Waals surface area contributed by atoms with Crippen molar-refractivity contribution in [2.75, 3.05) is 44.7 Å². The Hall–Kier alpha value is -3.94. The van der Waals surface area contributed by atoms with E-state index in [1.54, 1.807) is 30.5 Å². The van der Waals surface area contributed by atoms with E-state index in [2.05, 4.69) is 26.1 Å². The first kappa shape index (κ1) is 26.9. The molecule has 0 amide bonds. The van der Waals surface area contributed by atoms with Crippen LogP contribution in [-0.2, 0) is 0 Å². The van der Waals surface area contributed by atoms with Gasteiger partial charge in [-0.05, 0) is 43.8 Å². The van der Waals surface area contributed by atoms with Crippen molar-refractivity contribution in [1.82, 2.24) is 25.2 Å². The molecule has 7 nitrogen and oxygen atoms in total. The second-order valence-corrected chi connectivity index (χ2v) is 11.6. The highest BCUT2D eigenvalue weighted by Gasteiger charge is 2.49. The average Bonchev–Trinajstić information content (AvgIpc) is 3.72. The van der Waals surface area contributed by atoms with E-state index in [1.807, 2.05) is 11.9 Å². The molecule has 42 heavy (non-hydrogen) atoms. The third-order valence-corrected chi connectivity index (χ3v) is 9.18. The van der Waals surface area contributed by atoms with Gasteiger partial charge in [0.2, 0.25) is 0 Å². The summed E-state index contributed by atoms with van der Waals surface area (Å²) in [5.74, 6) is 1.69. The summed E-state index contributed by atoms with van der Waals surface area (Å²) in [6, 6.07) is 8.33. The Balaban J connectivity index is 1.36. The monoisotopic (exact) mass is 572 g/mol. The second kappa shape index (κ2) is 10.4. The number of fused-ring (bicyclic) bond motifs is 3. The van der Waals surface area contributed by atoms with Crippen molar-refractivity contribution in [3.8, 4) is 29.6 Å². The van der Waals surface area contributed by atoms with Crippen LogP contribution in [0.4, 0.5) is 19.0 Å². The Labute approximate surface area is 242 Å². The minimum Gasteiger partial charge on any atom is -0.461 e. The van der Waals surface area contributed by atoms with Gasteiger partial charge in [-0.15, -0.1) is 6.42 Å². The number of hydrogen-bond acceptors (Lipinski definition) is 7. The molecule has 5 heterocycles. The maximum atomic E-state index is 16.6. The molecule has 1 N–H and O–H groups in total. The van der Waals surface area contributed by atoms with Crippen LogP contribution in [0.25, 0.3) is 32.9 Å². The van der Waals surface area contributed by atoms with Crippen molar-refractivity contribution in [3.05, 3.63) is 53.7 Å². The van der Waals surface area contributed by atoms with Crippen LogP contribution >= 0.6 is 0 Å². The predicted molar refractivity (Wildman–Crippen MR) is 156 cm³/mol. The van der Waals surface area contributed by atoms with Gasteiger partial charge in [-0.25, -0.2) is 13.2 Å². The molecule has 3 unspecified atom stereocenters. The third kappa shape index (κ3) is 4.34. The van der Waals surface area contributed by atoms with E-state index in [9.17, 15) is 8.78 Å². The number of aromatic nitrogens is 3. The van der Waals surface area contributed by atoms with Crippen LogP contribution in [0.2, 0.25) is 0 Å². The lowest BCUT2D eigenvalue weighted by Gasteiger charge is -2.31. The first-order chi connectivity index (χ1) is 20.4. The Morgan fingerprint density at radius 3 is 2.93 bits per heavy atom. The lowest BCUT2D eigenvalue weighted by molar-refractivity contribution is 0.107. The van der Waals surface area contributed by atoms with Gasteiger partial charge < -0.3 is 15.0 Å².